The average Bonchev–Trinajstić information content (AvgIpc) is 2.56. The predicted molar refractivity (Wildman–Crippen MR) is 87.5 cm³/mol. The number of nitrogens with two attached hydrogens (primary N) is 3. The summed E-state index contributed by atoms with van der Waals surface area (Å²) in [7, 11) is 0. The molecule has 1 saturated heterocycles. The highest BCUT2D eigenvalue weighted by Gasteiger charge is 2.27. The monoisotopic (exact) mass is 323 g/mol. The Hall–Kier alpha value is -1.83. The van der Waals surface area contributed by atoms with E-state index in [-0.39, 0.29) is 18.3 Å². The van der Waals surface area contributed by atoms with E-state index < -0.39 is 6.48 Å². The second-order valence-electron chi connectivity index (χ2n) is 5.53. The SMILES string of the molecule is CCc1ccc(C2COC(OC(=O)CCCN)OC2)c(N)c1N. The van der Waals surface area contributed by atoms with Crippen LogP contribution in [-0.4, -0.2) is 32.2 Å². The first-order valence-electron chi connectivity index (χ1n) is 7.86. The third kappa shape index (κ3) is 4.34. The van der Waals surface area contributed by atoms with Crippen molar-refractivity contribution in [2.75, 3.05) is 31.2 Å². The summed E-state index contributed by atoms with van der Waals surface area (Å²) in [4.78, 5) is 11.5. The van der Waals surface area contributed by atoms with Gasteiger partial charge in [-0.05, 0) is 30.5 Å². The summed E-state index contributed by atoms with van der Waals surface area (Å²) in [5.41, 5.74) is 20.6. The molecule has 1 aromatic rings. The van der Waals surface area contributed by atoms with Crippen LogP contribution in [0, 0.1) is 0 Å². The molecule has 7 heteroatoms. The summed E-state index contributed by atoms with van der Waals surface area (Å²) in [6.07, 6.45) is 1.66. The molecule has 0 amide bonds. The van der Waals surface area contributed by atoms with Gasteiger partial charge in [0.05, 0.1) is 24.6 Å². The second kappa shape index (κ2) is 8.14. The number of hydrogen-bond donors (Lipinski definition) is 3. The molecule has 6 N–H and O–H groups in total. The van der Waals surface area contributed by atoms with Gasteiger partial charge in [0.2, 0.25) is 0 Å². The van der Waals surface area contributed by atoms with E-state index in [4.69, 9.17) is 31.4 Å². The van der Waals surface area contributed by atoms with Crippen LogP contribution in [0.5, 0.6) is 0 Å². The average molecular weight is 323 g/mol. The van der Waals surface area contributed by atoms with E-state index in [9.17, 15) is 4.79 Å². The van der Waals surface area contributed by atoms with Crippen molar-refractivity contribution < 1.29 is 19.0 Å². The maximum Gasteiger partial charge on any atom is 0.318 e. The van der Waals surface area contributed by atoms with Gasteiger partial charge in [-0.25, -0.2) is 0 Å². The summed E-state index contributed by atoms with van der Waals surface area (Å²) in [6, 6.07) is 3.93. The highest BCUT2D eigenvalue weighted by Crippen LogP contribution is 2.32. The van der Waals surface area contributed by atoms with Crippen LogP contribution in [0.1, 0.15) is 36.8 Å². The number of ether oxygens (including phenoxy) is 3. The second-order valence-corrected chi connectivity index (χ2v) is 5.53. The Balaban J connectivity index is 1.92. The molecule has 0 unspecified atom stereocenters. The molecule has 1 heterocycles. The van der Waals surface area contributed by atoms with Crippen LogP contribution in [0.15, 0.2) is 12.1 Å². The van der Waals surface area contributed by atoms with Crippen molar-refractivity contribution in [2.24, 2.45) is 5.73 Å². The standard InChI is InChI=1S/C16H25N3O4/c1-2-10-5-6-12(15(19)14(10)18)11-8-21-16(22-9-11)23-13(20)4-3-7-17/h5-6,11,16H,2-4,7-9,17-19H2,1H3. The van der Waals surface area contributed by atoms with Gasteiger partial charge in [0.1, 0.15) is 0 Å². The fraction of sp³-hybridized carbons (Fsp3) is 0.562. The largest absolute Gasteiger partial charge is 0.410 e. The van der Waals surface area contributed by atoms with Crippen LogP contribution >= 0.6 is 0 Å². The summed E-state index contributed by atoms with van der Waals surface area (Å²) in [5, 5.41) is 0. The summed E-state index contributed by atoms with van der Waals surface area (Å²) in [5.74, 6) is -0.419. The van der Waals surface area contributed by atoms with Gasteiger partial charge >= 0.3 is 12.4 Å². The van der Waals surface area contributed by atoms with Crippen LogP contribution in [0.3, 0.4) is 0 Å². The first-order chi connectivity index (χ1) is 11.1. The van der Waals surface area contributed by atoms with Crippen molar-refractivity contribution in [1.29, 1.82) is 0 Å². The highest BCUT2D eigenvalue weighted by atomic mass is 16.9. The molecule has 0 radical (unpaired) electrons. The van der Waals surface area contributed by atoms with E-state index in [0.717, 1.165) is 17.5 Å². The molecule has 23 heavy (non-hydrogen) atoms. The molecule has 1 aliphatic rings. The summed E-state index contributed by atoms with van der Waals surface area (Å²) >= 11 is 0. The van der Waals surface area contributed by atoms with Crippen molar-refractivity contribution in [3.63, 3.8) is 0 Å². The molecule has 2 rings (SSSR count). The normalized spacial score (nSPS) is 21.1. The third-order valence-corrected chi connectivity index (χ3v) is 3.91. The fourth-order valence-electron chi connectivity index (χ4n) is 2.51. The molecule has 128 valence electrons. The van der Waals surface area contributed by atoms with Gasteiger partial charge in [-0.3, -0.25) is 4.79 Å². The minimum atomic E-state index is -0.968. The van der Waals surface area contributed by atoms with Gasteiger partial charge in [-0.1, -0.05) is 19.1 Å². The predicted octanol–water partition coefficient (Wildman–Crippen LogP) is 1.11. The van der Waals surface area contributed by atoms with E-state index >= 15 is 0 Å². The van der Waals surface area contributed by atoms with Gasteiger partial charge in [-0.15, -0.1) is 0 Å². The van der Waals surface area contributed by atoms with Crippen molar-refractivity contribution in [2.45, 2.75) is 38.6 Å². The van der Waals surface area contributed by atoms with Crippen LogP contribution in [-0.2, 0) is 25.4 Å². The third-order valence-electron chi connectivity index (χ3n) is 3.91. The molecule has 1 aromatic carbocycles. The van der Waals surface area contributed by atoms with Gasteiger partial charge in [0, 0.05) is 12.3 Å². The molecule has 0 aromatic heterocycles. The Morgan fingerprint density at radius 2 is 1.96 bits per heavy atom. The maximum atomic E-state index is 11.5. The zero-order valence-electron chi connectivity index (χ0n) is 13.4. The van der Waals surface area contributed by atoms with Gasteiger partial charge in [-0.2, -0.15) is 0 Å². The molecule has 0 atom stereocenters. The Kier molecular flexibility index (Phi) is 6.20. The number of esters is 1. The number of carbonyl (C=O) groups excluding carboxylic acids is 1. The van der Waals surface area contributed by atoms with Crippen LogP contribution in [0.2, 0.25) is 0 Å². The van der Waals surface area contributed by atoms with Gasteiger partial charge in [0.15, 0.2) is 0 Å². The lowest BCUT2D eigenvalue weighted by Crippen LogP contribution is -2.34. The van der Waals surface area contributed by atoms with Crippen LogP contribution in [0.25, 0.3) is 0 Å². The number of anilines is 2. The molecule has 0 aliphatic carbocycles. The van der Waals surface area contributed by atoms with E-state index in [1.54, 1.807) is 0 Å². The quantitative estimate of drug-likeness (QED) is 0.529. The van der Waals surface area contributed by atoms with Crippen molar-refractivity contribution >= 4 is 17.3 Å². The molecule has 0 saturated carbocycles. The molecular weight excluding hydrogens is 298 g/mol. The topological polar surface area (TPSA) is 123 Å². The van der Waals surface area contributed by atoms with Crippen molar-refractivity contribution in [1.82, 2.24) is 0 Å². The fourth-order valence-corrected chi connectivity index (χ4v) is 2.51. The Bertz CT molecular complexity index is 542. The molecule has 0 bridgehead atoms. The van der Waals surface area contributed by atoms with Crippen LogP contribution < -0.4 is 17.2 Å². The van der Waals surface area contributed by atoms with Gasteiger partial charge in [0.25, 0.3) is 0 Å². The zero-order chi connectivity index (χ0) is 16.8. The number of carbonyl (C=O) groups is 1. The maximum absolute atomic E-state index is 11.5. The van der Waals surface area contributed by atoms with Crippen molar-refractivity contribution in [3.8, 4) is 0 Å². The van der Waals surface area contributed by atoms with E-state index in [0.29, 0.717) is 37.6 Å². The number of aryl methyl sites for hydroxylation is 1. The molecule has 0 spiro atoms. The minimum Gasteiger partial charge on any atom is -0.410 e. The smallest absolute Gasteiger partial charge is 0.318 e. The van der Waals surface area contributed by atoms with Crippen LogP contribution in [0.4, 0.5) is 11.4 Å². The molecule has 7 nitrogen and oxygen atoms in total. The highest BCUT2D eigenvalue weighted by molar-refractivity contribution is 5.72. The molecule has 1 fully saturated rings. The first kappa shape index (κ1) is 17.5. The van der Waals surface area contributed by atoms with Crippen molar-refractivity contribution in [3.05, 3.63) is 23.3 Å². The number of benzene rings is 1. The minimum absolute atomic E-state index is 0.0396. The number of nitrogen functional groups attached to an aromatic ring is 2. The van der Waals surface area contributed by atoms with E-state index in [1.807, 2.05) is 19.1 Å². The summed E-state index contributed by atoms with van der Waals surface area (Å²) < 4.78 is 16.0. The van der Waals surface area contributed by atoms with E-state index in [2.05, 4.69) is 0 Å². The number of rotatable bonds is 6. The first-order valence-corrected chi connectivity index (χ1v) is 7.86. The lowest BCUT2D eigenvalue weighted by atomic mass is 9.95. The Labute approximate surface area is 136 Å². The van der Waals surface area contributed by atoms with E-state index in [1.165, 1.54) is 0 Å². The summed E-state index contributed by atoms with van der Waals surface area (Å²) in [6.45, 7) is 2.21. The Morgan fingerprint density at radius 3 is 2.57 bits per heavy atom. The molecule has 1 aliphatic heterocycles. The van der Waals surface area contributed by atoms with Gasteiger partial charge < -0.3 is 31.4 Å². The zero-order valence-corrected chi connectivity index (χ0v) is 13.4. The number of hydrogen-bond acceptors (Lipinski definition) is 7. The Morgan fingerprint density at radius 1 is 1.26 bits per heavy atom. The molecular formula is C16H25N3O4. The lowest BCUT2D eigenvalue weighted by Gasteiger charge is -2.30. The lowest BCUT2D eigenvalue weighted by molar-refractivity contribution is -0.301.